The third-order valence-corrected chi connectivity index (χ3v) is 2.66. The third-order valence-electron chi connectivity index (χ3n) is 2.66. The van der Waals surface area contributed by atoms with Gasteiger partial charge in [-0.3, -0.25) is 0 Å². The zero-order chi connectivity index (χ0) is 13.2. The van der Waals surface area contributed by atoms with Crippen LogP contribution in [0.3, 0.4) is 0 Å². The topological polar surface area (TPSA) is 47.3 Å². The molecule has 1 rings (SSSR count). The Kier molecular flexibility index (Phi) is 7.14. The van der Waals surface area contributed by atoms with Gasteiger partial charge in [-0.15, -0.1) is 6.58 Å². The molecule has 0 heterocycles. The first kappa shape index (κ1) is 14.7. The molecule has 0 aliphatic heterocycles. The van der Waals surface area contributed by atoms with Gasteiger partial charge in [-0.1, -0.05) is 23.8 Å². The zero-order valence-corrected chi connectivity index (χ0v) is 11.2. The van der Waals surface area contributed by atoms with E-state index in [2.05, 4.69) is 31.0 Å². The van der Waals surface area contributed by atoms with Gasteiger partial charge in [0.1, 0.15) is 5.75 Å². The fourth-order valence-electron chi connectivity index (χ4n) is 1.77. The smallest absolute Gasteiger partial charge is 0.122 e. The van der Waals surface area contributed by atoms with Crippen LogP contribution in [-0.2, 0) is 6.42 Å². The van der Waals surface area contributed by atoms with Crippen molar-refractivity contribution >= 4 is 0 Å². The van der Waals surface area contributed by atoms with Crippen molar-refractivity contribution in [1.29, 1.82) is 0 Å². The molecule has 0 aromatic heterocycles. The molecule has 18 heavy (non-hydrogen) atoms. The molecule has 0 bridgehead atoms. The molecule has 0 aliphatic rings. The second-order valence-electron chi connectivity index (χ2n) is 4.34. The van der Waals surface area contributed by atoms with E-state index in [1.807, 2.05) is 12.1 Å². The molecule has 100 valence electrons. The van der Waals surface area contributed by atoms with Crippen molar-refractivity contribution in [2.24, 2.45) is 5.73 Å². The Hall–Kier alpha value is -1.32. The lowest BCUT2D eigenvalue weighted by atomic mass is 10.1. The molecule has 3 N–H and O–H groups in total. The number of aryl methyl sites for hydroxylation is 1. The Morgan fingerprint density at radius 1 is 1.39 bits per heavy atom. The second kappa shape index (κ2) is 8.72. The molecule has 0 amide bonds. The van der Waals surface area contributed by atoms with E-state index in [4.69, 9.17) is 10.5 Å². The molecule has 1 aromatic rings. The maximum absolute atomic E-state index is 5.81. The molecule has 1 aromatic carbocycles. The lowest BCUT2D eigenvalue weighted by Gasteiger charge is -2.11. The van der Waals surface area contributed by atoms with Crippen LogP contribution in [0.1, 0.15) is 17.5 Å². The van der Waals surface area contributed by atoms with E-state index < -0.39 is 0 Å². The van der Waals surface area contributed by atoms with Crippen LogP contribution in [0.2, 0.25) is 0 Å². The first-order valence-corrected chi connectivity index (χ1v) is 6.52. The fourth-order valence-corrected chi connectivity index (χ4v) is 1.77. The van der Waals surface area contributed by atoms with Crippen molar-refractivity contribution in [2.75, 3.05) is 26.2 Å². The van der Waals surface area contributed by atoms with Gasteiger partial charge in [-0.2, -0.15) is 0 Å². The van der Waals surface area contributed by atoms with Gasteiger partial charge in [0.25, 0.3) is 0 Å². The zero-order valence-electron chi connectivity index (χ0n) is 11.2. The van der Waals surface area contributed by atoms with Gasteiger partial charge in [0.2, 0.25) is 0 Å². The summed E-state index contributed by atoms with van der Waals surface area (Å²) in [5.41, 5.74) is 7.86. The SMILES string of the molecule is C=CCc1cc(C)ccc1OCCCNCCN. The summed E-state index contributed by atoms with van der Waals surface area (Å²) in [6.45, 7) is 9.09. The predicted octanol–water partition coefficient (Wildman–Crippen LogP) is 2.04. The number of rotatable bonds is 9. The van der Waals surface area contributed by atoms with Gasteiger partial charge in [0.05, 0.1) is 6.61 Å². The third kappa shape index (κ3) is 5.34. The number of hydrogen-bond acceptors (Lipinski definition) is 3. The summed E-state index contributed by atoms with van der Waals surface area (Å²) >= 11 is 0. The lowest BCUT2D eigenvalue weighted by molar-refractivity contribution is 0.306. The van der Waals surface area contributed by atoms with E-state index in [-0.39, 0.29) is 0 Å². The summed E-state index contributed by atoms with van der Waals surface area (Å²) in [6.07, 6.45) is 3.74. The average Bonchev–Trinajstić information content (AvgIpc) is 2.36. The first-order valence-electron chi connectivity index (χ1n) is 6.52. The highest BCUT2D eigenvalue weighted by Crippen LogP contribution is 2.21. The van der Waals surface area contributed by atoms with Crippen LogP contribution in [0.4, 0.5) is 0 Å². The highest BCUT2D eigenvalue weighted by Gasteiger charge is 2.02. The monoisotopic (exact) mass is 248 g/mol. The maximum Gasteiger partial charge on any atom is 0.122 e. The molecule has 0 saturated carbocycles. The number of benzene rings is 1. The summed E-state index contributed by atoms with van der Waals surface area (Å²) in [4.78, 5) is 0. The Morgan fingerprint density at radius 3 is 2.94 bits per heavy atom. The fraction of sp³-hybridized carbons (Fsp3) is 0.467. The quantitative estimate of drug-likeness (QED) is 0.519. The molecule has 0 radical (unpaired) electrons. The van der Waals surface area contributed by atoms with Crippen molar-refractivity contribution in [3.63, 3.8) is 0 Å². The summed E-state index contributed by atoms with van der Waals surface area (Å²) in [5, 5.41) is 3.25. The van der Waals surface area contributed by atoms with Crippen molar-refractivity contribution in [2.45, 2.75) is 19.8 Å². The van der Waals surface area contributed by atoms with E-state index in [0.29, 0.717) is 6.54 Å². The van der Waals surface area contributed by atoms with Crippen LogP contribution in [-0.4, -0.2) is 26.2 Å². The van der Waals surface area contributed by atoms with Crippen molar-refractivity contribution in [3.05, 3.63) is 42.0 Å². The average molecular weight is 248 g/mol. The highest BCUT2D eigenvalue weighted by molar-refractivity contribution is 5.38. The van der Waals surface area contributed by atoms with Gasteiger partial charge in [0, 0.05) is 13.1 Å². The number of nitrogens with one attached hydrogen (secondary N) is 1. The molecule has 0 aliphatic carbocycles. The highest BCUT2D eigenvalue weighted by atomic mass is 16.5. The van der Waals surface area contributed by atoms with Gasteiger partial charge in [-0.05, 0) is 37.9 Å². The molecule has 0 unspecified atom stereocenters. The van der Waals surface area contributed by atoms with Crippen LogP contribution in [0.5, 0.6) is 5.75 Å². The molecule has 0 fully saturated rings. The Balaban J connectivity index is 2.38. The minimum absolute atomic E-state index is 0.683. The molecule has 3 heteroatoms. The number of ether oxygens (including phenoxy) is 1. The van der Waals surface area contributed by atoms with E-state index >= 15 is 0 Å². The maximum atomic E-state index is 5.81. The van der Waals surface area contributed by atoms with Gasteiger partial charge >= 0.3 is 0 Å². The summed E-state index contributed by atoms with van der Waals surface area (Å²) in [5.74, 6) is 0.972. The van der Waals surface area contributed by atoms with Gasteiger partial charge in [0.15, 0.2) is 0 Å². The summed E-state index contributed by atoms with van der Waals surface area (Å²) in [7, 11) is 0. The summed E-state index contributed by atoms with van der Waals surface area (Å²) in [6, 6.07) is 6.28. The number of hydrogen-bond donors (Lipinski definition) is 2. The Labute approximate surface area is 110 Å². The molecular weight excluding hydrogens is 224 g/mol. The molecular formula is C15H24N2O. The van der Waals surface area contributed by atoms with Crippen molar-refractivity contribution in [1.82, 2.24) is 5.32 Å². The van der Waals surface area contributed by atoms with Crippen LogP contribution >= 0.6 is 0 Å². The van der Waals surface area contributed by atoms with Crippen LogP contribution in [0.15, 0.2) is 30.9 Å². The molecule has 0 atom stereocenters. The normalized spacial score (nSPS) is 10.3. The molecule has 0 spiro atoms. The van der Waals surface area contributed by atoms with Gasteiger partial charge < -0.3 is 15.8 Å². The van der Waals surface area contributed by atoms with E-state index in [9.17, 15) is 0 Å². The van der Waals surface area contributed by atoms with Crippen molar-refractivity contribution in [3.8, 4) is 5.75 Å². The minimum Gasteiger partial charge on any atom is -0.493 e. The molecule has 0 saturated heterocycles. The van der Waals surface area contributed by atoms with Crippen LogP contribution in [0, 0.1) is 6.92 Å². The lowest BCUT2D eigenvalue weighted by Crippen LogP contribution is -2.24. The minimum atomic E-state index is 0.683. The number of nitrogens with two attached hydrogens (primary N) is 1. The number of allylic oxidation sites excluding steroid dienone is 1. The second-order valence-corrected chi connectivity index (χ2v) is 4.34. The van der Waals surface area contributed by atoms with E-state index in [1.165, 1.54) is 11.1 Å². The predicted molar refractivity (Wildman–Crippen MR) is 77.1 cm³/mol. The van der Waals surface area contributed by atoms with Crippen molar-refractivity contribution < 1.29 is 4.74 Å². The summed E-state index contributed by atoms with van der Waals surface area (Å²) < 4.78 is 5.81. The van der Waals surface area contributed by atoms with E-state index in [1.54, 1.807) is 0 Å². The van der Waals surface area contributed by atoms with E-state index in [0.717, 1.165) is 38.3 Å². The standard InChI is InChI=1S/C15H24N2O/c1-3-5-14-12-13(2)6-7-15(14)18-11-4-9-17-10-8-16/h3,6-7,12,17H,1,4-5,8-11,16H2,2H3. The van der Waals surface area contributed by atoms with Gasteiger partial charge in [-0.25, -0.2) is 0 Å². The van der Waals surface area contributed by atoms with Crippen LogP contribution in [0.25, 0.3) is 0 Å². The first-order chi connectivity index (χ1) is 8.77. The van der Waals surface area contributed by atoms with Crippen LogP contribution < -0.4 is 15.8 Å². The largest absolute Gasteiger partial charge is 0.493 e. The Morgan fingerprint density at radius 2 is 2.22 bits per heavy atom. The molecule has 3 nitrogen and oxygen atoms in total. The Bertz CT molecular complexity index is 364.